The second kappa shape index (κ2) is 8.74. The van der Waals surface area contributed by atoms with Gasteiger partial charge in [-0.2, -0.15) is 0 Å². The molecular formula is C25H25N3O3S. The summed E-state index contributed by atoms with van der Waals surface area (Å²) in [6, 6.07) is 11.6. The molecule has 6 nitrogen and oxygen atoms in total. The van der Waals surface area contributed by atoms with Crippen LogP contribution >= 0.6 is 11.3 Å². The number of nitrogens with zero attached hydrogens (tertiary/aromatic N) is 2. The molecule has 0 saturated heterocycles. The Labute approximate surface area is 189 Å². The van der Waals surface area contributed by atoms with E-state index >= 15 is 0 Å². The number of aryl methyl sites for hydroxylation is 2. The number of pyridine rings is 1. The zero-order valence-electron chi connectivity index (χ0n) is 18.0. The van der Waals surface area contributed by atoms with Crippen molar-refractivity contribution in [2.75, 3.05) is 6.61 Å². The van der Waals surface area contributed by atoms with Crippen molar-refractivity contribution in [2.45, 2.75) is 45.6 Å². The van der Waals surface area contributed by atoms with Crippen LogP contribution in [0.25, 0.3) is 10.2 Å². The maximum Gasteiger partial charge on any atom is 0.262 e. The molecule has 0 fully saturated rings. The molecule has 0 aliphatic heterocycles. The van der Waals surface area contributed by atoms with Crippen molar-refractivity contribution in [2.24, 2.45) is 0 Å². The first kappa shape index (κ1) is 20.7. The molecule has 4 aromatic rings. The minimum absolute atomic E-state index is 0.0208. The molecule has 164 valence electrons. The molecule has 32 heavy (non-hydrogen) atoms. The summed E-state index contributed by atoms with van der Waals surface area (Å²) < 4.78 is 7.21. The maximum absolute atomic E-state index is 13.7. The van der Waals surface area contributed by atoms with E-state index in [4.69, 9.17) is 9.72 Å². The number of rotatable bonds is 7. The lowest BCUT2D eigenvalue weighted by atomic mass is 10.1. The van der Waals surface area contributed by atoms with E-state index in [9.17, 15) is 9.59 Å². The number of hydrogen-bond acceptors (Lipinski definition) is 5. The molecule has 1 aliphatic carbocycles. The van der Waals surface area contributed by atoms with Gasteiger partial charge in [0.25, 0.3) is 5.56 Å². The Morgan fingerprint density at radius 3 is 2.81 bits per heavy atom. The van der Waals surface area contributed by atoms with E-state index in [-0.39, 0.29) is 17.5 Å². The number of aromatic nitrogens is 3. The molecular weight excluding hydrogens is 422 g/mol. The van der Waals surface area contributed by atoms with Crippen LogP contribution in [0, 0.1) is 0 Å². The number of H-pyrrole nitrogens is 1. The zero-order valence-corrected chi connectivity index (χ0v) is 18.8. The van der Waals surface area contributed by atoms with Crippen LogP contribution in [-0.4, -0.2) is 21.1 Å². The summed E-state index contributed by atoms with van der Waals surface area (Å²) in [5, 5.41) is 0.754. The van der Waals surface area contributed by atoms with Gasteiger partial charge in [0.15, 0.2) is 5.75 Å². The van der Waals surface area contributed by atoms with Gasteiger partial charge in [-0.25, -0.2) is 4.98 Å². The third-order valence-electron chi connectivity index (χ3n) is 5.84. The molecule has 0 bridgehead atoms. The maximum atomic E-state index is 13.7. The van der Waals surface area contributed by atoms with Crippen molar-refractivity contribution >= 4 is 21.6 Å². The quantitative estimate of drug-likeness (QED) is 0.463. The first-order valence-electron chi connectivity index (χ1n) is 11.1. The topological polar surface area (TPSA) is 77.0 Å². The largest absolute Gasteiger partial charge is 0.488 e. The molecule has 3 heterocycles. The van der Waals surface area contributed by atoms with Crippen LogP contribution in [0.15, 0.2) is 52.2 Å². The summed E-state index contributed by atoms with van der Waals surface area (Å²) in [4.78, 5) is 36.3. The lowest BCUT2D eigenvalue weighted by Crippen LogP contribution is -2.27. The number of nitrogens with one attached hydrogen (secondary N) is 1. The van der Waals surface area contributed by atoms with Gasteiger partial charge in [-0.15, -0.1) is 11.3 Å². The van der Waals surface area contributed by atoms with E-state index < -0.39 is 0 Å². The van der Waals surface area contributed by atoms with E-state index in [0.717, 1.165) is 41.5 Å². The number of ether oxygens (including phenoxy) is 1. The van der Waals surface area contributed by atoms with E-state index in [2.05, 4.69) is 4.98 Å². The Hall–Kier alpha value is -3.19. The monoisotopic (exact) mass is 447 g/mol. The van der Waals surface area contributed by atoms with E-state index in [0.29, 0.717) is 30.3 Å². The van der Waals surface area contributed by atoms with Crippen LogP contribution < -0.4 is 15.7 Å². The Bertz CT molecular complexity index is 1390. The first-order valence-corrected chi connectivity index (χ1v) is 11.9. The second-order valence-corrected chi connectivity index (χ2v) is 9.24. The van der Waals surface area contributed by atoms with Gasteiger partial charge < -0.3 is 9.72 Å². The second-order valence-electron chi connectivity index (χ2n) is 8.15. The number of fused-ring (bicyclic) bond motifs is 3. The molecule has 0 atom stereocenters. The Kier molecular flexibility index (Phi) is 5.66. The third kappa shape index (κ3) is 3.88. The van der Waals surface area contributed by atoms with Gasteiger partial charge in [-0.3, -0.25) is 14.2 Å². The van der Waals surface area contributed by atoms with Crippen LogP contribution in [-0.2, 0) is 25.8 Å². The number of benzene rings is 1. The fourth-order valence-corrected chi connectivity index (χ4v) is 5.55. The first-order chi connectivity index (χ1) is 15.6. The van der Waals surface area contributed by atoms with Crippen LogP contribution in [0.2, 0.25) is 0 Å². The molecule has 1 N–H and O–H groups in total. The van der Waals surface area contributed by atoms with Crippen molar-refractivity contribution < 1.29 is 4.74 Å². The molecule has 0 amide bonds. The van der Waals surface area contributed by atoms with Gasteiger partial charge in [-0.05, 0) is 36.8 Å². The third-order valence-corrected chi connectivity index (χ3v) is 7.02. The van der Waals surface area contributed by atoms with Crippen LogP contribution in [0.1, 0.15) is 47.3 Å². The predicted octanol–water partition coefficient (Wildman–Crippen LogP) is 4.06. The highest BCUT2D eigenvalue weighted by Crippen LogP contribution is 2.35. The van der Waals surface area contributed by atoms with Crippen LogP contribution in [0.4, 0.5) is 0 Å². The molecule has 0 spiro atoms. The zero-order chi connectivity index (χ0) is 22.1. The van der Waals surface area contributed by atoms with Gasteiger partial charge in [0.1, 0.15) is 10.7 Å². The average molecular weight is 448 g/mol. The fourth-order valence-electron chi connectivity index (χ4n) is 4.28. The van der Waals surface area contributed by atoms with Gasteiger partial charge in [0.2, 0.25) is 5.43 Å². The number of hydrogen-bond donors (Lipinski definition) is 1. The van der Waals surface area contributed by atoms with E-state index in [1.54, 1.807) is 22.1 Å². The predicted molar refractivity (Wildman–Crippen MR) is 127 cm³/mol. The minimum atomic E-state index is -0.185. The normalized spacial score (nSPS) is 12.9. The Morgan fingerprint density at radius 2 is 2.03 bits per heavy atom. The molecule has 7 heteroatoms. The molecule has 0 saturated carbocycles. The number of thiophene rings is 1. The molecule has 3 aromatic heterocycles. The van der Waals surface area contributed by atoms with Crippen LogP contribution in [0.5, 0.6) is 5.75 Å². The summed E-state index contributed by atoms with van der Waals surface area (Å²) >= 11 is 1.65. The highest BCUT2D eigenvalue weighted by molar-refractivity contribution is 7.18. The Morgan fingerprint density at radius 1 is 1.19 bits per heavy atom. The van der Waals surface area contributed by atoms with Gasteiger partial charge >= 0.3 is 0 Å². The van der Waals surface area contributed by atoms with E-state index in [1.807, 2.05) is 37.3 Å². The Balaban J connectivity index is 1.59. The summed E-state index contributed by atoms with van der Waals surface area (Å²) in [5.74, 6) is 1.01. The highest BCUT2D eigenvalue weighted by atomic mass is 32.1. The summed E-state index contributed by atoms with van der Waals surface area (Å²) in [5.41, 5.74) is 2.71. The summed E-state index contributed by atoms with van der Waals surface area (Å²) in [6.07, 6.45) is 6.02. The standard InChI is InChI=1S/C25H25N3O3S/c1-2-11-31-20-14-26-17(13-19(20)29)15-28-22(12-16-7-4-3-5-8-16)27-24-23(25(28)30)18-9-6-10-21(18)32-24/h3-5,7-8,13-14H,2,6,9-12,15H2,1H3,(H,26,29). The van der Waals surface area contributed by atoms with Gasteiger partial charge in [0, 0.05) is 29.3 Å². The van der Waals surface area contributed by atoms with Gasteiger partial charge in [0.05, 0.1) is 18.5 Å². The minimum Gasteiger partial charge on any atom is -0.488 e. The fraction of sp³-hybridized carbons (Fsp3) is 0.320. The smallest absolute Gasteiger partial charge is 0.262 e. The van der Waals surface area contributed by atoms with Gasteiger partial charge in [-0.1, -0.05) is 37.3 Å². The molecule has 1 aromatic carbocycles. The van der Waals surface area contributed by atoms with Crippen LogP contribution in [0.3, 0.4) is 0 Å². The van der Waals surface area contributed by atoms with Crippen molar-refractivity contribution in [3.63, 3.8) is 0 Å². The van der Waals surface area contributed by atoms with Crippen molar-refractivity contribution in [3.05, 3.63) is 90.7 Å². The lowest BCUT2D eigenvalue weighted by molar-refractivity contribution is 0.313. The van der Waals surface area contributed by atoms with Crippen molar-refractivity contribution in [3.8, 4) is 5.75 Å². The van der Waals surface area contributed by atoms with Crippen molar-refractivity contribution in [1.82, 2.24) is 14.5 Å². The molecule has 5 rings (SSSR count). The average Bonchev–Trinajstić information content (AvgIpc) is 3.37. The summed E-state index contributed by atoms with van der Waals surface area (Å²) in [7, 11) is 0. The molecule has 0 radical (unpaired) electrons. The lowest BCUT2D eigenvalue weighted by Gasteiger charge is -2.14. The number of aromatic amines is 1. The van der Waals surface area contributed by atoms with E-state index in [1.165, 1.54) is 16.5 Å². The van der Waals surface area contributed by atoms with Crippen molar-refractivity contribution in [1.29, 1.82) is 0 Å². The molecule has 0 unspecified atom stereocenters. The highest BCUT2D eigenvalue weighted by Gasteiger charge is 2.23. The molecule has 1 aliphatic rings. The summed E-state index contributed by atoms with van der Waals surface area (Å²) in [6.45, 7) is 2.75. The SMILES string of the molecule is CCCOc1c[nH]c(Cn2c(Cc3ccccc3)nc3sc4c(c3c2=O)CCC4)cc1=O.